The molecule has 1 aromatic heterocycles. The van der Waals surface area contributed by atoms with Crippen molar-refractivity contribution in [1.82, 2.24) is 9.88 Å². The van der Waals surface area contributed by atoms with E-state index >= 15 is 0 Å². The minimum atomic E-state index is -0.304. The van der Waals surface area contributed by atoms with Crippen LogP contribution in [0.2, 0.25) is 0 Å². The lowest BCUT2D eigenvalue weighted by molar-refractivity contribution is 0.0640. The summed E-state index contributed by atoms with van der Waals surface area (Å²) in [5, 5.41) is 9.06. The molecule has 3 rings (SSSR count). The quantitative estimate of drug-likeness (QED) is 0.853. The van der Waals surface area contributed by atoms with Crippen molar-refractivity contribution in [3.63, 3.8) is 0 Å². The summed E-state index contributed by atoms with van der Waals surface area (Å²) in [5.74, 6) is -0.608. The van der Waals surface area contributed by atoms with Gasteiger partial charge in [-0.3, -0.25) is 19.5 Å². The number of aromatic nitrogens is 1. The Morgan fingerprint density at radius 3 is 2.10 bits per heavy atom. The fourth-order valence-corrected chi connectivity index (χ4v) is 2.25. The van der Waals surface area contributed by atoms with Gasteiger partial charge in [-0.05, 0) is 24.3 Å². The fraction of sp³-hybridized carbons (Fsp3) is 0.133. The normalized spacial score (nSPS) is 13.8. The first kappa shape index (κ1) is 12.5. The van der Waals surface area contributed by atoms with Crippen LogP contribution in [0.15, 0.2) is 42.5 Å². The van der Waals surface area contributed by atoms with Crippen LogP contribution in [0.25, 0.3) is 0 Å². The summed E-state index contributed by atoms with van der Waals surface area (Å²) < 4.78 is 0. The number of aliphatic hydroxyl groups excluding tert-OH is 1. The van der Waals surface area contributed by atoms with E-state index < -0.39 is 0 Å². The number of nitrogens with zero attached hydrogens (tertiary/aromatic N) is 2. The molecular formula is C15H12N2O3. The van der Waals surface area contributed by atoms with Gasteiger partial charge in [-0.25, -0.2) is 0 Å². The zero-order valence-corrected chi connectivity index (χ0v) is 10.6. The Morgan fingerprint density at radius 2 is 1.50 bits per heavy atom. The molecule has 5 nitrogen and oxygen atoms in total. The topological polar surface area (TPSA) is 70.5 Å². The molecule has 2 amide bonds. The second-order valence-electron chi connectivity index (χ2n) is 4.52. The molecule has 0 saturated carbocycles. The Labute approximate surface area is 115 Å². The number of imide groups is 1. The maximum absolute atomic E-state index is 12.2. The smallest absolute Gasteiger partial charge is 0.261 e. The number of rotatable bonds is 3. The molecule has 0 atom stereocenters. The predicted octanol–water partition coefficient (Wildman–Crippen LogP) is 1.37. The lowest BCUT2D eigenvalue weighted by Gasteiger charge is -2.13. The first-order valence-corrected chi connectivity index (χ1v) is 6.21. The van der Waals surface area contributed by atoms with E-state index in [2.05, 4.69) is 4.98 Å². The summed E-state index contributed by atoms with van der Waals surface area (Å²) in [5.41, 5.74) is 1.94. The minimum absolute atomic E-state index is 0.111. The molecule has 0 unspecified atom stereocenters. The van der Waals surface area contributed by atoms with Crippen LogP contribution in [-0.2, 0) is 13.2 Å². The summed E-state index contributed by atoms with van der Waals surface area (Å²) in [4.78, 5) is 29.8. The zero-order chi connectivity index (χ0) is 14.1. The Bertz CT molecular complexity index is 662. The van der Waals surface area contributed by atoms with Gasteiger partial charge in [0.1, 0.15) is 0 Å². The van der Waals surface area contributed by atoms with E-state index in [1.165, 1.54) is 4.90 Å². The predicted molar refractivity (Wildman–Crippen MR) is 70.8 cm³/mol. The second-order valence-corrected chi connectivity index (χ2v) is 4.52. The lowest BCUT2D eigenvalue weighted by Crippen LogP contribution is -2.29. The molecule has 0 aliphatic carbocycles. The van der Waals surface area contributed by atoms with E-state index in [4.69, 9.17) is 5.11 Å². The Kier molecular flexibility index (Phi) is 3.04. The maximum atomic E-state index is 12.2. The Balaban J connectivity index is 1.89. The fourth-order valence-electron chi connectivity index (χ4n) is 2.25. The van der Waals surface area contributed by atoms with Gasteiger partial charge in [0.25, 0.3) is 11.8 Å². The van der Waals surface area contributed by atoms with Gasteiger partial charge in [-0.2, -0.15) is 0 Å². The van der Waals surface area contributed by atoms with Crippen molar-refractivity contribution in [1.29, 1.82) is 0 Å². The number of fused-ring (bicyclic) bond motifs is 1. The molecule has 1 N–H and O–H groups in total. The Hall–Kier alpha value is -2.53. The van der Waals surface area contributed by atoms with Crippen LogP contribution in [0.3, 0.4) is 0 Å². The summed E-state index contributed by atoms with van der Waals surface area (Å²) in [7, 11) is 0. The van der Waals surface area contributed by atoms with E-state index in [0.29, 0.717) is 22.5 Å². The number of hydrogen-bond donors (Lipinski definition) is 1. The van der Waals surface area contributed by atoms with Crippen molar-refractivity contribution in [2.45, 2.75) is 13.2 Å². The van der Waals surface area contributed by atoms with Gasteiger partial charge in [0.2, 0.25) is 0 Å². The molecule has 100 valence electrons. The molecule has 0 fully saturated rings. The zero-order valence-electron chi connectivity index (χ0n) is 10.6. The van der Waals surface area contributed by atoms with Crippen LogP contribution in [-0.4, -0.2) is 26.8 Å². The molecule has 5 heteroatoms. The summed E-state index contributed by atoms with van der Waals surface area (Å²) in [6.45, 7) is -0.0594. The van der Waals surface area contributed by atoms with Crippen molar-refractivity contribution in [3.05, 3.63) is 65.0 Å². The minimum Gasteiger partial charge on any atom is -0.390 e. The third-order valence-corrected chi connectivity index (χ3v) is 3.22. The molecule has 20 heavy (non-hydrogen) atoms. The number of carbonyl (C=O) groups excluding carboxylic acids is 2. The van der Waals surface area contributed by atoms with Crippen molar-refractivity contribution in [3.8, 4) is 0 Å². The molecule has 0 spiro atoms. The largest absolute Gasteiger partial charge is 0.390 e. The summed E-state index contributed by atoms with van der Waals surface area (Å²) in [6.07, 6.45) is 0. The number of carbonyl (C=O) groups is 2. The summed E-state index contributed by atoms with van der Waals surface area (Å²) in [6, 6.07) is 11.9. The monoisotopic (exact) mass is 268 g/mol. The van der Waals surface area contributed by atoms with Gasteiger partial charge in [0.15, 0.2) is 0 Å². The van der Waals surface area contributed by atoms with Crippen LogP contribution in [0.1, 0.15) is 32.1 Å². The molecule has 0 radical (unpaired) electrons. The van der Waals surface area contributed by atoms with Crippen LogP contribution < -0.4 is 0 Å². The van der Waals surface area contributed by atoms with Crippen LogP contribution in [0.5, 0.6) is 0 Å². The van der Waals surface area contributed by atoms with E-state index in [0.717, 1.165) is 0 Å². The van der Waals surface area contributed by atoms with Crippen LogP contribution in [0.4, 0.5) is 0 Å². The van der Waals surface area contributed by atoms with Gasteiger partial charge >= 0.3 is 0 Å². The van der Waals surface area contributed by atoms with Gasteiger partial charge in [-0.1, -0.05) is 18.2 Å². The van der Waals surface area contributed by atoms with Crippen molar-refractivity contribution in [2.75, 3.05) is 0 Å². The number of pyridine rings is 1. The van der Waals surface area contributed by atoms with Gasteiger partial charge in [0, 0.05) is 0 Å². The van der Waals surface area contributed by atoms with Crippen molar-refractivity contribution >= 4 is 11.8 Å². The maximum Gasteiger partial charge on any atom is 0.261 e. The van der Waals surface area contributed by atoms with Gasteiger partial charge in [-0.15, -0.1) is 0 Å². The SMILES string of the molecule is O=C1c2ccccc2C(=O)N1Cc1cccc(CO)n1. The van der Waals surface area contributed by atoms with Gasteiger partial charge < -0.3 is 5.11 Å². The van der Waals surface area contributed by atoms with Gasteiger partial charge in [0.05, 0.1) is 35.7 Å². The standard InChI is InChI=1S/C15H12N2O3/c18-9-11-5-3-4-10(16-11)8-17-14(19)12-6-1-2-7-13(12)15(17)20/h1-7,18H,8-9H2. The van der Waals surface area contributed by atoms with Crippen LogP contribution in [0, 0.1) is 0 Å². The molecule has 1 aromatic carbocycles. The molecule has 0 bridgehead atoms. The highest BCUT2D eigenvalue weighted by Gasteiger charge is 2.35. The van der Waals surface area contributed by atoms with Crippen molar-refractivity contribution < 1.29 is 14.7 Å². The average Bonchev–Trinajstić information content (AvgIpc) is 2.73. The van der Waals surface area contributed by atoms with Crippen LogP contribution >= 0.6 is 0 Å². The highest BCUT2D eigenvalue weighted by Crippen LogP contribution is 2.23. The van der Waals surface area contributed by atoms with E-state index in [9.17, 15) is 9.59 Å². The first-order chi connectivity index (χ1) is 9.70. The highest BCUT2D eigenvalue weighted by molar-refractivity contribution is 6.21. The third kappa shape index (κ3) is 1.98. The average molecular weight is 268 g/mol. The third-order valence-electron chi connectivity index (χ3n) is 3.22. The van der Waals surface area contributed by atoms with E-state index in [1.54, 1.807) is 42.5 Å². The molecular weight excluding hydrogens is 256 g/mol. The lowest BCUT2D eigenvalue weighted by atomic mass is 10.1. The highest BCUT2D eigenvalue weighted by atomic mass is 16.3. The number of hydrogen-bond acceptors (Lipinski definition) is 4. The molecule has 1 aliphatic rings. The summed E-state index contributed by atoms with van der Waals surface area (Å²) >= 11 is 0. The Morgan fingerprint density at radius 1 is 0.900 bits per heavy atom. The number of amides is 2. The first-order valence-electron chi connectivity index (χ1n) is 6.21. The molecule has 0 saturated heterocycles. The number of benzene rings is 1. The second kappa shape index (κ2) is 4.86. The molecule has 2 aromatic rings. The molecule has 2 heterocycles. The van der Waals surface area contributed by atoms with E-state index in [1.807, 2.05) is 0 Å². The molecule has 1 aliphatic heterocycles. The van der Waals surface area contributed by atoms with Crippen molar-refractivity contribution in [2.24, 2.45) is 0 Å². The number of aliphatic hydroxyl groups is 1. The van der Waals surface area contributed by atoms with E-state index in [-0.39, 0.29) is 25.0 Å².